The standard InChI is InChI=1S/C23H17N5OS/c29-22(17-3-1-15(2-4-17)20-14-25-11-12-26-20)18-13-21(16-5-8-24-9-6-16)30-23(18)19-7-10-27-28-19/h1-6,8-14,22,29H,7H2. The van der Waals surface area contributed by atoms with Gasteiger partial charge in [-0.3, -0.25) is 15.0 Å². The van der Waals surface area contributed by atoms with Crippen LogP contribution in [0.4, 0.5) is 0 Å². The predicted molar refractivity (Wildman–Crippen MR) is 119 cm³/mol. The van der Waals surface area contributed by atoms with Crippen molar-refractivity contribution in [2.24, 2.45) is 10.2 Å². The van der Waals surface area contributed by atoms with Crippen molar-refractivity contribution in [1.29, 1.82) is 0 Å². The van der Waals surface area contributed by atoms with Crippen LogP contribution in [0.5, 0.6) is 0 Å². The van der Waals surface area contributed by atoms with Crippen LogP contribution in [0.15, 0.2) is 83.7 Å². The fourth-order valence-corrected chi connectivity index (χ4v) is 4.56. The van der Waals surface area contributed by atoms with Crippen LogP contribution in [-0.4, -0.2) is 32.0 Å². The normalized spacial score (nSPS) is 14.0. The van der Waals surface area contributed by atoms with E-state index >= 15 is 0 Å². The van der Waals surface area contributed by atoms with Gasteiger partial charge in [0.2, 0.25) is 0 Å². The third-order valence-corrected chi connectivity index (χ3v) is 6.16. The lowest BCUT2D eigenvalue weighted by atomic mass is 9.98. The lowest BCUT2D eigenvalue weighted by Crippen LogP contribution is -2.05. The van der Waals surface area contributed by atoms with Crippen molar-refractivity contribution < 1.29 is 5.11 Å². The Labute approximate surface area is 177 Å². The van der Waals surface area contributed by atoms with Gasteiger partial charge in [-0.2, -0.15) is 10.2 Å². The van der Waals surface area contributed by atoms with Crippen LogP contribution in [0.25, 0.3) is 21.7 Å². The molecule has 3 aromatic heterocycles. The highest BCUT2D eigenvalue weighted by Gasteiger charge is 2.23. The number of nitrogens with zero attached hydrogens (tertiary/aromatic N) is 5. The minimum absolute atomic E-state index is 0.668. The third-order valence-electron chi connectivity index (χ3n) is 4.91. The van der Waals surface area contributed by atoms with E-state index in [0.717, 1.165) is 43.4 Å². The summed E-state index contributed by atoms with van der Waals surface area (Å²) in [5.74, 6) is 0. The Hall–Kier alpha value is -3.55. The zero-order valence-electron chi connectivity index (χ0n) is 15.9. The summed E-state index contributed by atoms with van der Waals surface area (Å²) in [6, 6.07) is 13.7. The Morgan fingerprint density at radius 1 is 0.900 bits per heavy atom. The van der Waals surface area contributed by atoms with E-state index in [1.807, 2.05) is 42.5 Å². The summed E-state index contributed by atoms with van der Waals surface area (Å²) >= 11 is 1.62. The first-order valence-electron chi connectivity index (χ1n) is 9.47. The zero-order valence-corrected chi connectivity index (χ0v) is 16.7. The number of aliphatic hydroxyl groups is 1. The molecule has 146 valence electrons. The van der Waals surface area contributed by atoms with Crippen LogP contribution in [0, 0.1) is 0 Å². The number of rotatable bonds is 5. The molecule has 7 heteroatoms. The summed E-state index contributed by atoms with van der Waals surface area (Å²) < 4.78 is 0. The fraction of sp³-hybridized carbons (Fsp3) is 0.0870. The molecule has 0 saturated carbocycles. The molecule has 30 heavy (non-hydrogen) atoms. The van der Waals surface area contributed by atoms with Crippen molar-refractivity contribution >= 4 is 23.3 Å². The first-order chi connectivity index (χ1) is 14.8. The minimum atomic E-state index is -0.772. The van der Waals surface area contributed by atoms with Gasteiger partial charge in [0, 0.05) is 53.4 Å². The summed E-state index contributed by atoms with van der Waals surface area (Å²) in [5.41, 5.74) is 5.34. The van der Waals surface area contributed by atoms with Gasteiger partial charge < -0.3 is 5.11 Å². The van der Waals surface area contributed by atoms with E-state index in [9.17, 15) is 5.11 Å². The van der Waals surface area contributed by atoms with E-state index in [1.54, 1.807) is 48.5 Å². The van der Waals surface area contributed by atoms with E-state index < -0.39 is 6.10 Å². The molecule has 1 unspecified atom stereocenters. The zero-order chi connectivity index (χ0) is 20.3. The second-order valence-electron chi connectivity index (χ2n) is 6.80. The van der Waals surface area contributed by atoms with Crippen LogP contribution < -0.4 is 0 Å². The highest BCUT2D eigenvalue weighted by Crippen LogP contribution is 2.38. The minimum Gasteiger partial charge on any atom is -0.384 e. The van der Waals surface area contributed by atoms with Crippen molar-refractivity contribution in [3.05, 3.63) is 89.5 Å². The van der Waals surface area contributed by atoms with Crippen LogP contribution in [0.1, 0.15) is 28.5 Å². The first kappa shape index (κ1) is 18.5. The average Bonchev–Trinajstić information content (AvgIpc) is 3.50. The van der Waals surface area contributed by atoms with Gasteiger partial charge >= 0.3 is 0 Å². The molecule has 1 aromatic carbocycles. The molecule has 1 N–H and O–H groups in total. The quantitative estimate of drug-likeness (QED) is 0.523. The van der Waals surface area contributed by atoms with Gasteiger partial charge in [-0.25, -0.2) is 0 Å². The van der Waals surface area contributed by atoms with E-state index in [0.29, 0.717) is 6.42 Å². The number of benzene rings is 1. The maximum absolute atomic E-state index is 11.2. The van der Waals surface area contributed by atoms with Crippen molar-refractivity contribution in [1.82, 2.24) is 15.0 Å². The second kappa shape index (κ2) is 8.06. The Kier molecular flexibility index (Phi) is 4.96. The topological polar surface area (TPSA) is 83.6 Å². The lowest BCUT2D eigenvalue weighted by molar-refractivity contribution is 0.220. The molecule has 4 aromatic rings. The summed E-state index contributed by atoms with van der Waals surface area (Å²) in [7, 11) is 0. The number of aromatic nitrogens is 3. The van der Waals surface area contributed by atoms with E-state index in [2.05, 4.69) is 25.2 Å². The smallest absolute Gasteiger partial charge is 0.106 e. The fourth-order valence-electron chi connectivity index (χ4n) is 3.37. The lowest BCUT2D eigenvalue weighted by Gasteiger charge is -2.13. The molecule has 0 radical (unpaired) electrons. The molecule has 1 aliphatic rings. The maximum atomic E-state index is 11.2. The number of thiophene rings is 1. The van der Waals surface area contributed by atoms with Crippen LogP contribution in [-0.2, 0) is 0 Å². The van der Waals surface area contributed by atoms with Gasteiger partial charge in [0.1, 0.15) is 6.10 Å². The Balaban J connectivity index is 1.51. The molecular weight excluding hydrogens is 394 g/mol. The predicted octanol–water partition coefficient (Wildman–Crippen LogP) is 4.53. The van der Waals surface area contributed by atoms with Crippen molar-refractivity contribution in [3.8, 4) is 21.7 Å². The molecule has 6 nitrogen and oxygen atoms in total. The molecule has 1 aliphatic heterocycles. The van der Waals surface area contributed by atoms with E-state index in [4.69, 9.17) is 0 Å². The SMILES string of the molecule is OC(c1ccc(-c2cnccn2)cc1)c1cc(-c2ccncc2)sc1C1=NN=CC1. The van der Waals surface area contributed by atoms with Gasteiger partial charge in [0.05, 0.1) is 22.5 Å². The van der Waals surface area contributed by atoms with Crippen LogP contribution in [0.3, 0.4) is 0 Å². The van der Waals surface area contributed by atoms with Gasteiger partial charge in [0.25, 0.3) is 0 Å². The van der Waals surface area contributed by atoms with E-state index in [-0.39, 0.29) is 0 Å². The molecule has 0 spiro atoms. The van der Waals surface area contributed by atoms with Crippen LogP contribution in [0.2, 0.25) is 0 Å². The number of aliphatic hydroxyl groups excluding tert-OH is 1. The second-order valence-corrected chi connectivity index (χ2v) is 7.85. The molecule has 0 bridgehead atoms. The van der Waals surface area contributed by atoms with Crippen molar-refractivity contribution in [2.45, 2.75) is 12.5 Å². The van der Waals surface area contributed by atoms with Gasteiger partial charge in [0.15, 0.2) is 0 Å². The summed E-state index contributed by atoms with van der Waals surface area (Å²) in [4.78, 5) is 14.6. The highest BCUT2D eigenvalue weighted by atomic mass is 32.1. The van der Waals surface area contributed by atoms with Crippen molar-refractivity contribution in [2.75, 3.05) is 0 Å². The summed E-state index contributed by atoms with van der Waals surface area (Å²) in [6.45, 7) is 0. The van der Waals surface area contributed by atoms with E-state index in [1.165, 1.54) is 0 Å². The maximum Gasteiger partial charge on any atom is 0.106 e. The summed E-state index contributed by atoms with van der Waals surface area (Å²) in [5, 5.41) is 19.5. The molecule has 0 fully saturated rings. The number of hydrogen-bond donors (Lipinski definition) is 1. The molecule has 4 heterocycles. The molecule has 0 aliphatic carbocycles. The van der Waals surface area contributed by atoms with Crippen LogP contribution >= 0.6 is 11.3 Å². The molecular formula is C23H17N5OS. The first-order valence-corrected chi connectivity index (χ1v) is 10.3. The van der Waals surface area contributed by atoms with Gasteiger partial charge in [-0.15, -0.1) is 11.3 Å². The largest absolute Gasteiger partial charge is 0.384 e. The molecule has 0 saturated heterocycles. The molecule has 5 rings (SSSR count). The molecule has 1 atom stereocenters. The van der Waals surface area contributed by atoms with Gasteiger partial charge in [-0.05, 0) is 29.3 Å². The Morgan fingerprint density at radius 3 is 2.43 bits per heavy atom. The van der Waals surface area contributed by atoms with Gasteiger partial charge in [-0.1, -0.05) is 24.3 Å². The highest BCUT2D eigenvalue weighted by molar-refractivity contribution is 7.17. The molecule has 0 amide bonds. The number of pyridine rings is 1. The number of hydrogen-bond acceptors (Lipinski definition) is 7. The average molecular weight is 411 g/mol. The van der Waals surface area contributed by atoms with Crippen molar-refractivity contribution in [3.63, 3.8) is 0 Å². The Morgan fingerprint density at radius 2 is 1.73 bits per heavy atom. The monoisotopic (exact) mass is 411 g/mol. The Bertz CT molecular complexity index is 1220. The third kappa shape index (κ3) is 3.56. The summed E-state index contributed by atoms with van der Waals surface area (Å²) in [6.07, 6.45) is 10.3.